The highest BCUT2D eigenvalue weighted by Crippen LogP contribution is 2.37. The van der Waals surface area contributed by atoms with Crippen LogP contribution in [0.4, 0.5) is 0 Å². The number of nitrogens with zero attached hydrogens (tertiary/aromatic N) is 2. The number of ether oxygens (including phenoxy) is 3. The molecule has 0 aliphatic carbocycles. The van der Waals surface area contributed by atoms with E-state index in [1.165, 1.54) is 31.8 Å². The molecule has 208 valence electrons. The number of hydrogen-bond acceptors (Lipinski definition) is 7. The largest absolute Gasteiger partial charge is 0.493 e. The maximum absolute atomic E-state index is 13.9. The molecule has 0 heterocycles. The Morgan fingerprint density at radius 3 is 1.95 bits per heavy atom. The molecule has 0 aromatic heterocycles. The van der Waals surface area contributed by atoms with Gasteiger partial charge in [0.05, 0.1) is 39.0 Å². The molecule has 0 aliphatic heterocycles. The van der Waals surface area contributed by atoms with Crippen LogP contribution in [-0.2, 0) is 21.4 Å². The second-order valence-corrected chi connectivity index (χ2v) is 11.1. The molecule has 1 amide bonds. The Labute approximate surface area is 230 Å². The molecule has 0 aliphatic rings. The Balaban J connectivity index is 1.87. The molecule has 10 heteroatoms. The van der Waals surface area contributed by atoms with Gasteiger partial charge in [0, 0.05) is 12.1 Å². The highest BCUT2D eigenvalue weighted by Gasteiger charge is 2.30. The minimum Gasteiger partial charge on any atom is -0.493 e. The summed E-state index contributed by atoms with van der Waals surface area (Å²) in [5, 5.41) is 4.02. The molecule has 39 heavy (non-hydrogen) atoms. The normalized spacial score (nSPS) is 11.6. The molecule has 3 aromatic carbocycles. The summed E-state index contributed by atoms with van der Waals surface area (Å²) in [5.74, 6) is 0.712. The number of amides is 1. The summed E-state index contributed by atoms with van der Waals surface area (Å²) in [6.07, 6.45) is 1.41. The molecule has 0 unspecified atom stereocenters. The van der Waals surface area contributed by atoms with Crippen LogP contribution in [0, 0.1) is 27.7 Å². The summed E-state index contributed by atoms with van der Waals surface area (Å²) in [5.41, 5.74) is 7.05. The molecule has 0 fully saturated rings. The van der Waals surface area contributed by atoms with Crippen molar-refractivity contribution in [3.05, 3.63) is 81.9 Å². The fourth-order valence-corrected chi connectivity index (χ4v) is 6.17. The molecular formula is C29H35N3O6S. The van der Waals surface area contributed by atoms with E-state index in [0.717, 1.165) is 16.7 Å². The van der Waals surface area contributed by atoms with Gasteiger partial charge >= 0.3 is 0 Å². The molecule has 0 saturated heterocycles. The van der Waals surface area contributed by atoms with E-state index in [4.69, 9.17) is 14.2 Å². The van der Waals surface area contributed by atoms with E-state index < -0.39 is 22.5 Å². The number of hydrazone groups is 1. The maximum Gasteiger partial charge on any atom is 0.255 e. The Kier molecular flexibility index (Phi) is 9.71. The number of carbonyl (C=O) groups is 1. The molecular weight excluding hydrogens is 518 g/mol. The highest BCUT2D eigenvalue weighted by molar-refractivity contribution is 7.89. The first-order valence-corrected chi connectivity index (χ1v) is 13.7. The lowest BCUT2D eigenvalue weighted by molar-refractivity contribution is -0.121. The summed E-state index contributed by atoms with van der Waals surface area (Å²) < 4.78 is 44.9. The molecule has 9 nitrogen and oxygen atoms in total. The maximum atomic E-state index is 13.9. The van der Waals surface area contributed by atoms with Crippen LogP contribution in [0.5, 0.6) is 17.2 Å². The average molecular weight is 554 g/mol. The van der Waals surface area contributed by atoms with Gasteiger partial charge in [0.25, 0.3) is 5.91 Å². The second-order valence-electron chi connectivity index (χ2n) is 9.24. The van der Waals surface area contributed by atoms with E-state index in [1.54, 1.807) is 26.0 Å². The van der Waals surface area contributed by atoms with Crippen molar-refractivity contribution in [3.8, 4) is 17.2 Å². The van der Waals surface area contributed by atoms with Gasteiger partial charge in [0.1, 0.15) is 0 Å². The van der Waals surface area contributed by atoms with Crippen molar-refractivity contribution in [1.29, 1.82) is 0 Å². The van der Waals surface area contributed by atoms with Gasteiger partial charge in [-0.25, -0.2) is 13.8 Å². The van der Waals surface area contributed by atoms with Crippen LogP contribution < -0.4 is 19.6 Å². The third-order valence-electron chi connectivity index (χ3n) is 6.09. The summed E-state index contributed by atoms with van der Waals surface area (Å²) in [6, 6.07) is 14.5. The predicted molar refractivity (Wildman–Crippen MR) is 151 cm³/mol. The van der Waals surface area contributed by atoms with Crippen LogP contribution in [0.2, 0.25) is 0 Å². The molecule has 3 aromatic rings. The molecule has 0 atom stereocenters. The van der Waals surface area contributed by atoms with E-state index in [2.05, 4.69) is 10.5 Å². The van der Waals surface area contributed by atoms with Gasteiger partial charge in [-0.2, -0.15) is 9.41 Å². The predicted octanol–water partition coefficient (Wildman–Crippen LogP) is 4.29. The zero-order valence-electron chi connectivity index (χ0n) is 23.4. The molecule has 1 N–H and O–H groups in total. The fourth-order valence-electron chi connectivity index (χ4n) is 4.38. The van der Waals surface area contributed by atoms with E-state index in [0.29, 0.717) is 33.9 Å². The molecule has 0 saturated carbocycles. The Morgan fingerprint density at radius 1 is 0.872 bits per heavy atom. The summed E-state index contributed by atoms with van der Waals surface area (Å²) in [4.78, 5) is 13.1. The Bertz CT molecular complexity index is 1420. The SMILES string of the molecule is COc1cc(/C=N\NC(=O)CN(Cc2ccc(C)cc2)S(=O)(=O)c2c(C)cc(C)cc2C)cc(OC)c1OC. The first-order chi connectivity index (χ1) is 18.5. The zero-order valence-corrected chi connectivity index (χ0v) is 24.2. The Morgan fingerprint density at radius 2 is 1.44 bits per heavy atom. The summed E-state index contributed by atoms with van der Waals surface area (Å²) in [6.45, 7) is 7.00. The van der Waals surface area contributed by atoms with Crippen LogP contribution in [0.3, 0.4) is 0 Å². The van der Waals surface area contributed by atoms with Gasteiger partial charge in [-0.1, -0.05) is 47.5 Å². The quantitative estimate of drug-likeness (QED) is 0.281. The standard InChI is InChI=1S/C29H35N3O6S/c1-19-8-10-23(11-9-19)17-32(39(34,35)29-21(3)12-20(2)13-22(29)4)18-27(33)31-30-16-24-14-25(36-5)28(38-7)26(15-24)37-6/h8-16H,17-18H2,1-7H3,(H,31,33)/b30-16-. The number of methoxy groups -OCH3 is 3. The number of hydrogen-bond donors (Lipinski definition) is 1. The van der Waals surface area contributed by atoms with Crippen LogP contribution in [0.15, 0.2) is 58.5 Å². The number of sulfonamides is 1. The van der Waals surface area contributed by atoms with Crippen molar-refractivity contribution in [3.63, 3.8) is 0 Å². The monoisotopic (exact) mass is 553 g/mol. The number of aryl methyl sites for hydroxylation is 4. The fraction of sp³-hybridized carbons (Fsp3) is 0.310. The summed E-state index contributed by atoms with van der Waals surface area (Å²) >= 11 is 0. The van der Waals surface area contributed by atoms with Gasteiger partial charge in [-0.15, -0.1) is 0 Å². The topological polar surface area (TPSA) is 107 Å². The minimum absolute atomic E-state index is 0.0272. The van der Waals surface area contributed by atoms with Crippen LogP contribution in [-0.4, -0.2) is 52.7 Å². The molecule has 0 spiro atoms. The van der Waals surface area contributed by atoms with Crippen molar-refractivity contribution in [1.82, 2.24) is 9.73 Å². The van der Waals surface area contributed by atoms with Crippen molar-refractivity contribution in [2.75, 3.05) is 27.9 Å². The number of nitrogens with one attached hydrogen (secondary N) is 1. The second kappa shape index (κ2) is 12.8. The first kappa shape index (κ1) is 29.7. The van der Waals surface area contributed by atoms with E-state index >= 15 is 0 Å². The van der Waals surface area contributed by atoms with Gasteiger partial charge in [0.2, 0.25) is 15.8 Å². The minimum atomic E-state index is -4.01. The molecule has 3 rings (SSSR count). The molecule has 0 bridgehead atoms. The smallest absolute Gasteiger partial charge is 0.255 e. The number of rotatable bonds is 11. The van der Waals surface area contributed by atoms with Gasteiger partial charge in [-0.3, -0.25) is 4.79 Å². The summed E-state index contributed by atoms with van der Waals surface area (Å²) in [7, 11) is 0.494. The van der Waals surface area contributed by atoms with E-state index in [1.807, 2.05) is 50.2 Å². The van der Waals surface area contributed by atoms with Crippen LogP contribution in [0.25, 0.3) is 0 Å². The van der Waals surface area contributed by atoms with Gasteiger partial charge < -0.3 is 14.2 Å². The zero-order chi connectivity index (χ0) is 28.7. The van der Waals surface area contributed by atoms with Crippen molar-refractivity contribution in [2.45, 2.75) is 39.1 Å². The van der Waals surface area contributed by atoms with Crippen molar-refractivity contribution < 1.29 is 27.4 Å². The van der Waals surface area contributed by atoms with Gasteiger partial charge in [-0.05, 0) is 56.5 Å². The van der Waals surface area contributed by atoms with E-state index in [9.17, 15) is 13.2 Å². The molecule has 0 radical (unpaired) electrons. The third-order valence-corrected chi connectivity index (χ3v) is 8.19. The number of benzene rings is 3. The highest BCUT2D eigenvalue weighted by atomic mass is 32.2. The third kappa shape index (κ3) is 7.15. The van der Waals surface area contributed by atoms with Crippen LogP contribution in [0.1, 0.15) is 33.4 Å². The Hall–Kier alpha value is -3.89. The van der Waals surface area contributed by atoms with Gasteiger partial charge in [0.15, 0.2) is 11.5 Å². The van der Waals surface area contributed by atoms with Crippen LogP contribution >= 0.6 is 0 Å². The van der Waals surface area contributed by atoms with E-state index in [-0.39, 0.29) is 11.4 Å². The lowest BCUT2D eigenvalue weighted by Crippen LogP contribution is -2.39. The lowest BCUT2D eigenvalue weighted by Gasteiger charge is -2.24. The number of carbonyl (C=O) groups excluding carboxylic acids is 1. The van der Waals surface area contributed by atoms with Crippen molar-refractivity contribution >= 4 is 22.1 Å². The van der Waals surface area contributed by atoms with Crippen molar-refractivity contribution in [2.24, 2.45) is 5.10 Å². The lowest BCUT2D eigenvalue weighted by atomic mass is 10.1. The first-order valence-electron chi connectivity index (χ1n) is 12.3. The average Bonchev–Trinajstić information content (AvgIpc) is 2.88.